The molecule has 1 aliphatic carbocycles. The van der Waals surface area contributed by atoms with Gasteiger partial charge in [0.2, 0.25) is 5.91 Å². The molecule has 1 amide bonds. The number of hydrogen-bond acceptors (Lipinski definition) is 6. The molecule has 0 unspecified atom stereocenters. The van der Waals surface area contributed by atoms with Crippen LogP contribution in [0.1, 0.15) is 33.1 Å². The van der Waals surface area contributed by atoms with Crippen LogP contribution in [0, 0.1) is 5.92 Å². The third-order valence-electron chi connectivity index (χ3n) is 6.51. The highest BCUT2D eigenvalue weighted by atomic mass is 16.2. The normalized spacial score (nSPS) is 18.1. The van der Waals surface area contributed by atoms with Crippen LogP contribution in [0.4, 0.5) is 11.5 Å². The zero-order valence-electron chi connectivity index (χ0n) is 20.4. The second-order valence-corrected chi connectivity index (χ2v) is 9.57. The van der Waals surface area contributed by atoms with Gasteiger partial charge in [-0.15, -0.1) is 0 Å². The Morgan fingerprint density at radius 3 is 2.85 bits per heavy atom. The Hall–Kier alpha value is -3.13. The van der Waals surface area contributed by atoms with Gasteiger partial charge < -0.3 is 25.4 Å². The maximum Gasteiger partial charge on any atom is 0.271 e. The van der Waals surface area contributed by atoms with Gasteiger partial charge in [0.1, 0.15) is 11.5 Å². The van der Waals surface area contributed by atoms with Crippen LogP contribution in [0.15, 0.2) is 47.5 Å². The van der Waals surface area contributed by atoms with E-state index >= 15 is 0 Å². The van der Waals surface area contributed by atoms with Gasteiger partial charge in [0, 0.05) is 69.3 Å². The van der Waals surface area contributed by atoms with Crippen molar-refractivity contribution in [1.82, 2.24) is 20.2 Å². The fourth-order valence-corrected chi connectivity index (χ4v) is 4.39. The van der Waals surface area contributed by atoms with E-state index in [0.29, 0.717) is 37.3 Å². The minimum atomic E-state index is -0.0864. The summed E-state index contributed by atoms with van der Waals surface area (Å²) < 4.78 is 0. The Kier molecular flexibility index (Phi) is 7.67. The van der Waals surface area contributed by atoms with Gasteiger partial charge in [0.05, 0.1) is 0 Å². The van der Waals surface area contributed by atoms with E-state index in [0.717, 1.165) is 29.9 Å². The largest absolute Gasteiger partial charge is 0.373 e. The van der Waals surface area contributed by atoms with Crippen molar-refractivity contribution < 1.29 is 4.79 Å². The molecule has 3 N–H and O–H groups in total. The molecule has 8 heteroatoms. The zero-order chi connectivity index (χ0) is 24.1. The van der Waals surface area contributed by atoms with Crippen LogP contribution in [0.25, 0.3) is 11.1 Å². The van der Waals surface area contributed by atoms with Crippen LogP contribution < -0.4 is 21.1 Å². The van der Waals surface area contributed by atoms with E-state index in [9.17, 15) is 9.59 Å². The Bertz CT molecular complexity index is 1070. The summed E-state index contributed by atoms with van der Waals surface area (Å²) in [5.41, 5.74) is 2.53. The maximum atomic E-state index is 13.0. The molecule has 0 radical (unpaired) electrons. The second-order valence-electron chi connectivity index (χ2n) is 9.57. The highest BCUT2D eigenvalue weighted by molar-refractivity contribution is 5.88. The molecule has 0 spiro atoms. The molecule has 1 saturated carbocycles. The number of pyridine rings is 2. The fourth-order valence-electron chi connectivity index (χ4n) is 4.39. The van der Waals surface area contributed by atoms with E-state index < -0.39 is 0 Å². The van der Waals surface area contributed by atoms with E-state index in [1.165, 1.54) is 12.8 Å². The summed E-state index contributed by atoms with van der Waals surface area (Å²) in [6, 6.07) is 6.42. The lowest BCUT2D eigenvalue weighted by Gasteiger charge is -2.31. The average molecular weight is 465 g/mol. The van der Waals surface area contributed by atoms with Gasteiger partial charge >= 0.3 is 0 Å². The van der Waals surface area contributed by atoms with Crippen LogP contribution in [-0.2, 0) is 4.79 Å². The third-order valence-corrected chi connectivity index (χ3v) is 6.51. The first-order valence-corrected chi connectivity index (χ1v) is 12.3. The third kappa shape index (κ3) is 6.05. The molecular formula is C26H36N6O2. The summed E-state index contributed by atoms with van der Waals surface area (Å²) in [6.45, 7) is 7.04. The van der Waals surface area contributed by atoms with Crippen molar-refractivity contribution >= 4 is 17.4 Å². The van der Waals surface area contributed by atoms with Crippen molar-refractivity contribution in [3.8, 4) is 11.1 Å². The Morgan fingerprint density at radius 1 is 1.29 bits per heavy atom. The molecule has 2 aromatic heterocycles. The molecule has 1 atom stereocenters. The molecule has 8 nitrogen and oxygen atoms in total. The minimum absolute atomic E-state index is 0.0402. The van der Waals surface area contributed by atoms with Gasteiger partial charge in [-0.1, -0.05) is 19.9 Å². The minimum Gasteiger partial charge on any atom is -0.373 e. The number of likely N-dealkylation sites (tertiary alicyclic amines) is 1. The molecule has 0 bridgehead atoms. The van der Waals surface area contributed by atoms with Crippen LogP contribution in [-0.4, -0.2) is 66.1 Å². The van der Waals surface area contributed by atoms with E-state index in [1.807, 2.05) is 36.2 Å². The number of rotatable bonds is 10. The first kappa shape index (κ1) is 24.0. The molecule has 2 aliphatic rings. The first-order chi connectivity index (χ1) is 16.4. The Labute approximate surface area is 201 Å². The molecule has 2 fully saturated rings. The summed E-state index contributed by atoms with van der Waals surface area (Å²) in [6.07, 6.45) is 10.3. The Balaban J connectivity index is 1.52. The highest BCUT2D eigenvalue weighted by Gasteiger charge is 2.34. The van der Waals surface area contributed by atoms with Gasteiger partial charge in [-0.3, -0.25) is 9.59 Å². The standard InChI is InChI=1S/C26H36N6O2/c1-18(2)28-10-4-5-25(33)31-12-9-22(17-31)32(16-19-6-7-19)23-13-21(15-30-26(23)34)20-8-11-29-24(14-20)27-3/h4-5,8,11,13-15,18-19,22,28H,6-7,9-10,12,16-17H2,1-3H3,(H,27,29)(H,30,34)/b5-4+/t22-/m1/s1. The molecule has 0 aromatic carbocycles. The molecule has 3 heterocycles. The molecule has 2 aromatic rings. The quantitative estimate of drug-likeness (QED) is 0.468. The number of H-pyrrole nitrogens is 1. The fraction of sp³-hybridized carbons (Fsp3) is 0.500. The average Bonchev–Trinajstić information content (AvgIpc) is 3.53. The van der Waals surface area contributed by atoms with Crippen LogP contribution >= 0.6 is 0 Å². The number of amides is 1. The molecule has 4 rings (SSSR count). The van der Waals surface area contributed by atoms with Gasteiger partial charge in [-0.2, -0.15) is 0 Å². The van der Waals surface area contributed by atoms with Crippen molar-refractivity contribution in [2.75, 3.05) is 43.4 Å². The summed E-state index contributed by atoms with van der Waals surface area (Å²) in [4.78, 5) is 37.0. The molecule has 1 aliphatic heterocycles. The summed E-state index contributed by atoms with van der Waals surface area (Å²) in [7, 11) is 1.84. The summed E-state index contributed by atoms with van der Waals surface area (Å²) in [5, 5.41) is 6.35. The van der Waals surface area contributed by atoms with Gasteiger partial charge in [0.15, 0.2) is 0 Å². The van der Waals surface area contributed by atoms with Crippen LogP contribution in [0.5, 0.6) is 0 Å². The van der Waals surface area contributed by atoms with Crippen molar-refractivity contribution in [1.29, 1.82) is 0 Å². The molecule has 182 valence electrons. The molecular weight excluding hydrogens is 428 g/mol. The van der Waals surface area contributed by atoms with Crippen LogP contribution in [0.3, 0.4) is 0 Å². The van der Waals surface area contributed by atoms with Crippen molar-refractivity contribution in [2.24, 2.45) is 5.92 Å². The predicted octanol–water partition coefficient (Wildman–Crippen LogP) is 2.85. The second kappa shape index (κ2) is 10.9. The summed E-state index contributed by atoms with van der Waals surface area (Å²) in [5.74, 6) is 1.44. The van der Waals surface area contributed by atoms with E-state index in [1.54, 1.807) is 18.5 Å². The van der Waals surface area contributed by atoms with Crippen molar-refractivity contribution in [2.45, 2.75) is 45.2 Å². The van der Waals surface area contributed by atoms with E-state index in [2.05, 4.69) is 39.3 Å². The molecule has 34 heavy (non-hydrogen) atoms. The van der Waals surface area contributed by atoms with Crippen molar-refractivity contribution in [3.05, 3.63) is 53.1 Å². The lowest BCUT2D eigenvalue weighted by atomic mass is 10.1. The number of aromatic nitrogens is 2. The number of carbonyl (C=O) groups is 1. The topological polar surface area (TPSA) is 93.4 Å². The maximum absolute atomic E-state index is 13.0. The molecule has 1 saturated heterocycles. The van der Waals surface area contributed by atoms with Gasteiger partial charge in [-0.05, 0) is 48.9 Å². The lowest BCUT2D eigenvalue weighted by molar-refractivity contribution is -0.125. The highest BCUT2D eigenvalue weighted by Crippen LogP contribution is 2.34. The summed E-state index contributed by atoms with van der Waals surface area (Å²) >= 11 is 0. The smallest absolute Gasteiger partial charge is 0.271 e. The number of anilines is 2. The Morgan fingerprint density at radius 2 is 2.12 bits per heavy atom. The van der Waals surface area contributed by atoms with Crippen molar-refractivity contribution in [3.63, 3.8) is 0 Å². The number of nitrogens with one attached hydrogen (secondary N) is 3. The monoisotopic (exact) mass is 464 g/mol. The van der Waals surface area contributed by atoms with E-state index in [4.69, 9.17) is 0 Å². The first-order valence-electron chi connectivity index (χ1n) is 12.3. The predicted molar refractivity (Wildman–Crippen MR) is 137 cm³/mol. The SMILES string of the molecule is CNc1cc(-c2c[nH]c(=O)c(N(CC3CC3)[C@@H]3CCN(C(=O)/C=C/CNC(C)C)C3)c2)ccn1. The van der Waals surface area contributed by atoms with E-state index in [-0.39, 0.29) is 17.5 Å². The zero-order valence-corrected chi connectivity index (χ0v) is 20.4. The van der Waals surface area contributed by atoms with Gasteiger partial charge in [-0.25, -0.2) is 4.98 Å². The number of hydrogen-bond donors (Lipinski definition) is 3. The number of nitrogens with zero attached hydrogens (tertiary/aromatic N) is 3. The van der Waals surface area contributed by atoms with Crippen LogP contribution in [0.2, 0.25) is 0 Å². The number of carbonyl (C=O) groups excluding carboxylic acids is 1. The number of aromatic amines is 1. The lowest BCUT2D eigenvalue weighted by Crippen LogP contribution is -2.42. The van der Waals surface area contributed by atoms with Gasteiger partial charge in [0.25, 0.3) is 5.56 Å².